The van der Waals surface area contributed by atoms with E-state index >= 15 is 0 Å². The van der Waals surface area contributed by atoms with Crippen LogP contribution in [0.2, 0.25) is 5.02 Å². The zero-order valence-corrected chi connectivity index (χ0v) is 14.7. The van der Waals surface area contributed by atoms with Gasteiger partial charge in [0.25, 0.3) is 0 Å². The Labute approximate surface area is 138 Å². The van der Waals surface area contributed by atoms with Crippen LogP contribution in [0.5, 0.6) is 5.75 Å². The van der Waals surface area contributed by atoms with Crippen LogP contribution in [0.4, 0.5) is 0 Å². The maximum absolute atomic E-state index is 10.0. The highest BCUT2D eigenvalue weighted by atomic mass is 35.5. The summed E-state index contributed by atoms with van der Waals surface area (Å²) in [4.78, 5) is 0. The lowest BCUT2D eigenvalue weighted by Crippen LogP contribution is -2.39. The SMILES string of the molecule is CC[C@@H](CO)NC[C@H](O)COc1cc(C)c(Cl)cc1C(C)C. The number of aliphatic hydroxyl groups is 2. The highest BCUT2D eigenvalue weighted by Crippen LogP contribution is 2.32. The summed E-state index contributed by atoms with van der Waals surface area (Å²) in [5.41, 5.74) is 2.00. The van der Waals surface area contributed by atoms with Crippen LogP contribution in [0.25, 0.3) is 0 Å². The molecule has 1 aromatic rings. The Kier molecular flexibility index (Phi) is 8.18. The van der Waals surface area contributed by atoms with E-state index in [0.717, 1.165) is 28.3 Å². The summed E-state index contributed by atoms with van der Waals surface area (Å²) < 4.78 is 5.78. The fourth-order valence-electron chi connectivity index (χ4n) is 2.13. The van der Waals surface area contributed by atoms with Crippen molar-refractivity contribution in [2.24, 2.45) is 0 Å². The Balaban J connectivity index is 2.62. The second kappa shape index (κ2) is 9.36. The van der Waals surface area contributed by atoms with Gasteiger partial charge in [0, 0.05) is 17.6 Å². The minimum atomic E-state index is -0.628. The summed E-state index contributed by atoms with van der Waals surface area (Å²) >= 11 is 6.17. The number of hydrogen-bond acceptors (Lipinski definition) is 4. The molecular weight excluding hydrogens is 302 g/mol. The number of rotatable bonds is 9. The molecule has 0 amide bonds. The standard InChI is InChI=1S/C17H28ClNO3/c1-5-13(9-20)19-8-14(21)10-22-17-6-12(4)16(18)7-15(17)11(2)3/h6-7,11,13-14,19-21H,5,8-10H2,1-4H3/t13-,14-/m0/s1. The molecule has 22 heavy (non-hydrogen) atoms. The summed E-state index contributed by atoms with van der Waals surface area (Å²) in [6.07, 6.45) is 0.189. The molecule has 5 heteroatoms. The summed E-state index contributed by atoms with van der Waals surface area (Å²) in [6.45, 7) is 8.75. The number of halogens is 1. The first-order chi connectivity index (χ1) is 10.4. The maximum Gasteiger partial charge on any atom is 0.123 e. The Hall–Kier alpha value is -0.810. The molecule has 3 N–H and O–H groups in total. The second-order valence-electron chi connectivity index (χ2n) is 5.95. The molecule has 0 aliphatic rings. The van der Waals surface area contributed by atoms with Crippen molar-refractivity contribution in [2.75, 3.05) is 19.8 Å². The summed E-state index contributed by atoms with van der Waals surface area (Å²) in [6, 6.07) is 3.86. The molecule has 0 aliphatic heterocycles. The molecule has 0 saturated heterocycles. The average molecular weight is 330 g/mol. The lowest BCUT2D eigenvalue weighted by molar-refractivity contribution is 0.0988. The second-order valence-corrected chi connectivity index (χ2v) is 6.36. The molecule has 2 atom stereocenters. The molecule has 0 saturated carbocycles. The first-order valence-corrected chi connectivity index (χ1v) is 8.21. The number of ether oxygens (including phenoxy) is 1. The minimum absolute atomic E-state index is 0.0126. The van der Waals surface area contributed by atoms with Crippen molar-refractivity contribution in [1.82, 2.24) is 5.32 Å². The Morgan fingerprint density at radius 2 is 2.00 bits per heavy atom. The molecule has 0 heterocycles. The van der Waals surface area contributed by atoms with Gasteiger partial charge in [0.1, 0.15) is 18.5 Å². The van der Waals surface area contributed by atoms with Gasteiger partial charge < -0.3 is 20.3 Å². The van der Waals surface area contributed by atoms with Gasteiger partial charge in [0.2, 0.25) is 0 Å². The highest BCUT2D eigenvalue weighted by molar-refractivity contribution is 6.31. The van der Waals surface area contributed by atoms with Gasteiger partial charge in [-0.1, -0.05) is 32.4 Å². The third kappa shape index (κ3) is 5.76. The molecule has 1 aromatic carbocycles. The van der Waals surface area contributed by atoms with Crippen molar-refractivity contribution >= 4 is 11.6 Å². The van der Waals surface area contributed by atoms with E-state index < -0.39 is 6.10 Å². The highest BCUT2D eigenvalue weighted by Gasteiger charge is 2.14. The molecule has 0 bridgehead atoms. The average Bonchev–Trinajstić information content (AvgIpc) is 2.48. The van der Waals surface area contributed by atoms with Crippen LogP contribution in [-0.4, -0.2) is 42.1 Å². The lowest BCUT2D eigenvalue weighted by atomic mass is 10.0. The molecule has 0 unspecified atom stereocenters. The van der Waals surface area contributed by atoms with Crippen molar-refractivity contribution in [3.8, 4) is 5.75 Å². The minimum Gasteiger partial charge on any atom is -0.491 e. The molecule has 1 rings (SSSR count). The van der Waals surface area contributed by atoms with Crippen LogP contribution in [-0.2, 0) is 0 Å². The van der Waals surface area contributed by atoms with Crippen molar-refractivity contribution in [2.45, 2.75) is 52.2 Å². The molecule has 126 valence electrons. The number of aliphatic hydroxyl groups excluding tert-OH is 2. The molecule has 0 aliphatic carbocycles. The van der Waals surface area contributed by atoms with Crippen molar-refractivity contribution in [3.05, 3.63) is 28.3 Å². The first kappa shape index (κ1) is 19.2. The normalized spacial score (nSPS) is 14.2. The smallest absolute Gasteiger partial charge is 0.123 e. The zero-order valence-electron chi connectivity index (χ0n) is 13.9. The predicted octanol–water partition coefficient (Wildman–Crippen LogP) is 2.87. The van der Waals surface area contributed by atoms with Crippen molar-refractivity contribution in [1.29, 1.82) is 0 Å². The van der Waals surface area contributed by atoms with Gasteiger partial charge in [-0.3, -0.25) is 0 Å². The number of aryl methyl sites for hydroxylation is 1. The van der Waals surface area contributed by atoms with E-state index in [1.807, 2.05) is 26.0 Å². The van der Waals surface area contributed by atoms with Crippen LogP contribution < -0.4 is 10.1 Å². The topological polar surface area (TPSA) is 61.7 Å². The van der Waals surface area contributed by atoms with Gasteiger partial charge in [-0.05, 0) is 42.5 Å². The Bertz CT molecular complexity index is 461. The fraction of sp³-hybridized carbons (Fsp3) is 0.647. The third-order valence-corrected chi connectivity index (χ3v) is 4.11. The van der Waals surface area contributed by atoms with E-state index in [4.69, 9.17) is 21.4 Å². The van der Waals surface area contributed by atoms with Gasteiger partial charge in [0.05, 0.1) is 6.61 Å². The van der Waals surface area contributed by atoms with Crippen LogP contribution in [0, 0.1) is 6.92 Å². The van der Waals surface area contributed by atoms with E-state index in [1.165, 1.54) is 0 Å². The van der Waals surface area contributed by atoms with Gasteiger partial charge in [-0.15, -0.1) is 0 Å². The van der Waals surface area contributed by atoms with Gasteiger partial charge in [-0.25, -0.2) is 0 Å². The van der Waals surface area contributed by atoms with E-state index in [-0.39, 0.29) is 19.3 Å². The monoisotopic (exact) mass is 329 g/mol. The Morgan fingerprint density at radius 3 is 2.55 bits per heavy atom. The number of hydrogen-bond donors (Lipinski definition) is 3. The summed E-state index contributed by atoms with van der Waals surface area (Å²) in [5.74, 6) is 1.06. The molecular formula is C17H28ClNO3. The van der Waals surface area contributed by atoms with Gasteiger partial charge >= 0.3 is 0 Å². The molecule has 4 nitrogen and oxygen atoms in total. The summed E-state index contributed by atoms with van der Waals surface area (Å²) in [5, 5.41) is 23.0. The van der Waals surface area contributed by atoms with Gasteiger partial charge in [0.15, 0.2) is 0 Å². The fourth-order valence-corrected chi connectivity index (χ4v) is 2.30. The first-order valence-electron chi connectivity index (χ1n) is 7.84. The van der Waals surface area contributed by atoms with E-state index in [1.54, 1.807) is 0 Å². The van der Waals surface area contributed by atoms with E-state index in [9.17, 15) is 5.11 Å². The number of benzene rings is 1. The predicted molar refractivity (Wildman–Crippen MR) is 90.9 cm³/mol. The third-order valence-electron chi connectivity index (χ3n) is 3.70. The number of nitrogens with one attached hydrogen (secondary N) is 1. The lowest BCUT2D eigenvalue weighted by Gasteiger charge is -2.20. The van der Waals surface area contributed by atoms with Crippen LogP contribution in [0.3, 0.4) is 0 Å². The molecule has 0 radical (unpaired) electrons. The molecule has 0 aromatic heterocycles. The largest absolute Gasteiger partial charge is 0.491 e. The Morgan fingerprint density at radius 1 is 1.32 bits per heavy atom. The zero-order chi connectivity index (χ0) is 16.7. The van der Waals surface area contributed by atoms with Crippen molar-refractivity contribution in [3.63, 3.8) is 0 Å². The van der Waals surface area contributed by atoms with Crippen molar-refractivity contribution < 1.29 is 14.9 Å². The van der Waals surface area contributed by atoms with Gasteiger partial charge in [-0.2, -0.15) is 0 Å². The molecule has 0 fully saturated rings. The van der Waals surface area contributed by atoms with E-state index in [0.29, 0.717) is 12.5 Å². The molecule has 0 spiro atoms. The van der Waals surface area contributed by atoms with Crippen LogP contribution >= 0.6 is 11.6 Å². The van der Waals surface area contributed by atoms with Crippen LogP contribution in [0.15, 0.2) is 12.1 Å². The summed E-state index contributed by atoms with van der Waals surface area (Å²) in [7, 11) is 0. The quantitative estimate of drug-likeness (QED) is 0.652. The van der Waals surface area contributed by atoms with Crippen LogP contribution in [0.1, 0.15) is 44.2 Å². The van der Waals surface area contributed by atoms with E-state index in [2.05, 4.69) is 19.2 Å². The maximum atomic E-state index is 10.0.